The fraction of sp³-hybridized carbons (Fsp3) is 0.0377. The van der Waals surface area contributed by atoms with Gasteiger partial charge in [-0.05, 0) is 77.1 Å². The van der Waals surface area contributed by atoms with Gasteiger partial charge in [-0.1, -0.05) is 152 Å². The summed E-state index contributed by atoms with van der Waals surface area (Å²) in [5.41, 5.74) is 18.0. The molecule has 11 rings (SSSR count). The number of para-hydroxylation sites is 2. The van der Waals surface area contributed by atoms with Crippen molar-refractivity contribution in [1.29, 1.82) is 0 Å². The predicted octanol–water partition coefficient (Wildman–Crippen LogP) is 13.1. The molecule has 268 valence electrons. The van der Waals surface area contributed by atoms with Crippen LogP contribution < -0.4 is 0 Å². The average Bonchev–Trinajstić information content (AvgIpc) is 3.63. The summed E-state index contributed by atoms with van der Waals surface area (Å²) in [7, 11) is 0. The summed E-state index contributed by atoms with van der Waals surface area (Å²) >= 11 is 0. The van der Waals surface area contributed by atoms with Crippen LogP contribution in [0.15, 0.2) is 194 Å². The third-order valence-electron chi connectivity index (χ3n) is 11.4. The normalized spacial score (nSPS) is 12.1. The number of fused-ring (bicyclic) bond motifs is 6. The van der Waals surface area contributed by atoms with Gasteiger partial charge >= 0.3 is 0 Å². The molecule has 3 heterocycles. The van der Waals surface area contributed by atoms with Gasteiger partial charge in [0.15, 0.2) is 5.82 Å². The highest BCUT2D eigenvalue weighted by atomic mass is 15.0. The van der Waals surface area contributed by atoms with E-state index in [2.05, 4.69) is 180 Å². The molecule has 0 fully saturated rings. The largest absolute Gasteiger partial charge is 0.309 e. The lowest BCUT2D eigenvalue weighted by molar-refractivity contribution is 0.942. The van der Waals surface area contributed by atoms with Crippen molar-refractivity contribution in [2.45, 2.75) is 12.8 Å². The van der Waals surface area contributed by atoms with Crippen molar-refractivity contribution < 1.29 is 0 Å². The molecule has 10 aromatic rings. The van der Waals surface area contributed by atoms with Crippen molar-refractivity contribution in [2.24, 2.45) is 0 Å². The van der Waals surface area contributed by atoms with E-state index in [1.54, 1.807) is 0 Å². The molecule has 0 bridgehead atoms. The molecule has 1 aliphatic rings. The van der Waals surface area contributed by atoms with Gasteiger partial charge in [0.1, 0.15) is 0 Å². The highest BCUT2D eigenvalue weighted by Crippen LogP contribution is 2.43. The fourth-order valence-corrected chi connectivity index (χ4v) is 8.69. The van der Waals surface area contributed by atoms with Crippen molar-refractivity contribution in [2.75, 3.05) is 0 Å². The summed E-state index contributed by atoms with van der Waals surface area (Å²) in [6, 6.07) is 66.8. The van der Waals surface area contributed by atoms with E-state index >= 15 is 0 Å². The van der Waals surface area contributed by atoms with Gasteiger partial charge in [-0.2, -0.15) is 0 Å². The lowest BCUT2D eigenvalue weighted by Crippen LogP contribution is -2.05. The molecule has 0 amide bonds. The second-order valence-electron chi connectivity index (χ2n) is 14.7. The number of nitrogens with zero attached hydrogens (tertiary/aromatic N) is 4. The van der Waals surface area contributed by atoms with Crippen molar-refractivity contribution in [3.63, 3.8) is 0 Å². The van der Waals surface area contributed by atoms with Crippen molar-refractivity contribution in [3.8, 4) is 73.1 Å². The van der Waals surface area contributed by atoms with Crippen LogP contribution in [0.25, 0.3) is 94.9 Å². The Hall–Kier alpha value is -7.43. The Kier molecular flexibility index (Phi) is 7.92. The molecule has 0 saturated heterocycles. The summed E-state index contributed by atoms with van der Waals surface area (Å²) in [4.78, 5) is 15.4. The molecule has 0 aliphatic heterocycles. The number of pyridine rings is 1. The van der Waals surface area contributed by atoms with E-state index in [1.807, 2.05) is 18.3 Å². The maximum atomic E-state index is 5.27. The number of aryl methyl sites for hydroxylation is 2. The van der Waals surface area contributed by atoms with Crippen LogP contribution in [-0.2, 0) is 12.8 Å². The highest BCUT2D eigenvalue weighted by Gasteiger charge is 2.22. The smallest absolute Gasteiger partial charge is 0.160 e. The first-order chi connectivity index (χ1) is 28.3. The first kappa shape index (κ1) is 33.0. The van der Waals surface area contributed by atoms with Gasteiger partial charge < -0.3 is 4.57 Å². The maximum Gasteiger partial charge on any atom is 0.160 e. The number of hydrogen-bond acceptors (Lipinski definition) is 3. The summed E-state index contributed by atoms with van der Waals surface area (Å²) in [5, 5.41) is 2.44. The van der Waals surface area contributed by atoms with Crippen molar-refractivity contribution in [3.05, 3.63) is 205 Å². The van der Waals surface area contributed by atoms with Crippen LogP contribution >= 0.6 is 0 Å². The van der Waals surface area contributed by atoms with E-state index in [0.29, 0.717) is 5.82 Å². The van der Waals surface area contributed by atoms with E-state index in [1.165, 1.54) is 44.1 Å². The van der Waals surface area contributed by atoms with Gasteiger partial charge in [-0.15, -0.1) is 0 Å². The van der Waals surface area contributed by atoms with Crippen LogP contribution in [0.5, 0.6) is 0 Å². The van der Waals surface area contributed by atoms with Crippen LogP contribution in [0.3, 0.4) is 0 Å². The van der Waals surface area contributed by atoms with E-state index in [4.69, 9.17) is 15.0 Å². The van der Waals surface area contributed by atoms with Gasteiger partial charge in [0.25, 0.3) is 0 Å². The summed E-state index contributed by atoms with van der Waals surface area (Å²) in [6.45, 7) is 0. The maximum absolute atomic E-state index is 5.27. The van der Waals surface area contributed by atoms with Gasteiger partial charge in [-0.25, -0.2) is 9.97 Å². The Balaban J connectivity index is 1.03. The zero-order valence-corrected chi connectivity index (χ0v) is 31.2. The lowest BCUT2D eigenvalue weighted by atomic mass is 9.81. The lowest BCUT2D eigenvalue weighted by Gasteiger charge is -2.23. The fourth-order valence-electron chi connectivity index (χ4n) is 8.69. The minimum Gasteiger partial charge on any atom is -0.309 e. The molecule has 3 aromatic heterocycles. The van der Waals surface area contributed by atoms with Crippen LogP contribution in [-0.4, -0.2) is 19.5 Å². The van der Waals surface area contributed by atoms with Crippen LogP contribution in [0.1, 0.15) is 11.1 Å². The van der Waals surface area contributed by atoms with E-state index in [9.17, 15) is 0 Å². The zero-order chi connectivity index (χ0) is 37.7. The van der Waals surface area contributed by atoms with Crippen molar-refractivity contribution in [1.82, 2.24) is 19.5 Å². The first-order valence-electron chi connectivity index (χ1n) is 19.6. The van der Waals surface area contributed by atoms with E-state index in [0.717, 1.165) is 68.9 Å². The zero-order valence-electron chi connectivity index (χ0n) is 31.2. The SMILES string of the molecule is c1ccc(-c2cc(-c3ccc4c5ccccc5n(-c5ccccc5)c4c3)nc(-c3ccc(-c4cccnc4-c4cccc5c4-c4ccccc4CC5)cc3)n2)cc1. The van der Waals surface area contributed by atoms with Gasteiger partial charge in [-0.3, -0.25) is 4.98 Å². The number of rotatable bonds is 6. The quantitative estimate of drug-likeness (QED) is 0.171. The van der Waals surface area contributed by atoms with Crippen LogP contribution in [0.4, 0.5) is 0 Å². The Bertz CT molecular complexity index is 3110. The molecule has 0 atom stereocenters. The molecule has 0 spiro atoms. The number of aromatic nitrogens is 4. The van der Waals surface area contributed by atoms with E-state index < -0.39 is 0 Å². The van der Waals surface area contributed by atoms with E-state index in [-0.39, 0.29) is 0 Å². The Morgan fingerprint density at radius 2 is 1.04 bits per heavy atom. The van der Waals surface area contributed by atoms with Gasteiger partial charge in [0.2, 0.25) is 0 Å². The predicted molar refractivity (Wildman–Crippen MR) is 234 cm³/mol. The Morgan fingerprint density at radius 1 is 0.404 bits per heavy atom. The first-order valence-corrected chi connectivity index (χ1v) is 19.6. The molecule has 0 N–H and O–H groups in total. The number of benzene rings is 7. The Morgan fingerprint density at radius 3 is 1.89 bits per heavy atom. The molecule has 7 aromatic carbocycles. The van der Waals surface area contributed by atoms with Gasteiger partial charge in [0, 0.05) is 50.5 Å². The second kappa shape index (κ2) is 13.7. The van der Waals surface area contributed by atoms with Crippen LogP contribution in [0.2, 0.25) is 0 Å². The minimum atomic E-state index is 0.682. The summed E-state index contributed by atoms with van der Waals surface area (Å²) in [6.07, 6.45) is 4.00. The topological polar surface area (TPSA) is 43.6 Å². The van der Waals surface area contributed by atoms with Crippen molar-refractivity contribution >= 4 is 21.8 Å². The molecule has 4 heteroatoms. The molecule has 4 nitrogen and oxygen atoms in total. The molecule has 57 heavy (non-hydrogen) atoms. The van der Waals surface area contributed by atoms with Crippen LogP contribution in [0, 0.1) is 0 Å². The highest BCUT2D eigenvalue weighted by molar-refractivity contribution is 6.10. The number of hydrogen-bond donors (Lipinski definition) is 0. The minimum absolute atomic E-state index is 0.682. The molecular formula is C53H36N4. The third-order valence-corrected chi connectivity index (χ3v) is 11.4. The molecule has 1 aliphatic carbocycles. The van der Waals surface area contributed by atoms with Gasteiger partial charge in [0.05, 0.1) is 28.1 Å². The summed E-state index contributed by atoms with van der Waals surface area (Å²) < 4.78 is 2.35. The molecule has 0 radical (unpaired) electrons. The molecular weight excluding hydrogens is 693 g/mol. The molecule has 0 saturated carbocycles. The average molecular weight is 729 g/mol. The summed E-state index contributed by atoms with van der Waals surface area (Å²) in [5.74, 6) is 0.682. The molecule has 0 unspecified atom stereocenters. The Labute approximate surface area is 331 Å². The second-order valence-corrected chi connectivity index (χ2v) is 14.7. The monoisotopic (exact) mass is 728 g/mol. The standard InChI is InChI=1S/C53H36N4/c1-3-14-37(15-4-1)47-34-48(40-30-31-45-44-20-9-10-23-49(44)57(50(45)33-40)41-17-5-2-6-18-41)56-53(55-47)39-28-25-36(26-29-39)43-22-12-32-54-52(43)46-21-11-16-38-27-24-35-13-7-8-19-42(35)51(38)46/h1-23,25-26,28-34H,24,27H2. The third kappa shape index (κ3) is 5.73.